The molecule has 2 nitrogen and oxygen atoms in total. The minimum atomic E-state index is 0.137. The molecule has 14 heavy (non-hydrogen) atoms. The molecule has 1 heterocycles. The summed E-state index contributed by atoms with van der Waals surface area (Å²) in [6.45, 7) is 10.5. The van der Waals surface area contributed by atoms with Gasteiger partial charge in [0.1, 0.15) is 0 Å². The van der Waals surface area contributed by atoms with Crippen molar-refractivity contribution in [2.24, 2.45) is 5.92 Å². The van der Waals surface area contributed by atoms with Gasteiger partial charge in [-0.3, -0.25) is 0 Å². The fourth-order valence-corrected chi connectivity index (χ4v) is 2.58. The molecule has 1 aliphatic heterocycles. The number of likely N-dealkylation sites (N-methyl/N-ethyl adjacent to an activating group) is 1. The zero-order valence-electron chi connectivity index (χ0n) is 9.27. The molecule has 0 aromatic rings. The van der Waals surface area contributed by atoms with Crippen molar-refractivity contribution in [3.8, 4) is 0 Å². The predicted molar refractivity (Wildman–Crippen MR) is 59.5 cm³/mol. The molecule has 0 aromatic heterocycles. The fourth-order valence-electron chi connectivity index (χ4n) is 2.58. The molecule has 0 unspecified atom stereocenters. The number of nitrogens with one attached hydrogen (secondary N) is 1. The van der Waals surface area contributed by atoms with Crippen LogP contribution in [0.2, 0.25) is 0 Å². The second-order valence-electron chi connectivity index (χ2n) is 4.84. The Labute approximate surface area is 86.7 Å². The van der Waals surface area contributed by atoms with E-state index in [0.29, 0.717) is 0 Å². The van der Waals surface area contributed by atoms with Gasteiger partial charge >= 0.3 is 0 Å². The van der Waals surface area contributed by atoms with Crippen LogP contribution < -0.4 is 5.32 Å². The highest BCUT2D eigenvalue weighted by Gasteiger charge is 2.43. The molecule has 0 aromatic carbocycles. The third kappa shape index (κ3) is 1.24. The third-order valence-electron chi connectivity index (χ3n) is 3.87. The summed E-state index contributed by atoms with van der Waals surface area (Å²) in [6.07, 6.45) is 5.01. The maximum atomic E-state index is 4.19. The summed E-state index contributed by atoms with van der Waals surface area (Å²) in [5.41, 5.74) is 1.34. The van der Waals surface area contributed by atoms with E-state index in [4.69, 9.17) is 0 Å². The van der Waals surface area contributed by atoms with Crippen molar-refractivity contribution in [2.45, 2.75) is 38.1 Å². The molecule has 1 spiro atoms. The van der Waals surface area contributed by atoms with Crippen molar-refractivity contribution in [3.63, 3.8) is 0 Å². The average molecular weight is 192 g/mol. The largest absolute Gasteiger partial charge is 0.361 e. The van der Waals surface area contributed by atoms with Gasteiger partial charge in [0.15, 0.2) is 0 Å². The normalized spacial score (nSPS) is 37.9. The van der Waals surface area contributed by atoms with E-state index in [9.17, 15) is 0 Å². The highest BCUT2D eigenvalue weighted by molar-refractivity contribution is 5.29. The summed E-state index contributed by atoms with van der Waals surface area (Å²) in [7, 11) is 2.05. The van der Waals surface area contributed by atoms with Crippen LogP contribution in [-0.4, -0.2) is 17.5 Å². The predicted octanol–water partition coefficient (Wildman–Crippen LogP) is 2.46. The van der Waals surface area contributed by atoms with Gasteiger partial charge in [-0.25, -0.2) is 0 Å². The summed E-state index contributed by atoms with van der Waals surface area (Å²) in [6, 6.07) is 0. The molecule has 1 N–H and O–H groups in total. The zero-order chi connectivity index (χ0) is 10.3. The molecule has 0 radical (unpaired) electrons. The van der Waals surface area contributed by atoms with E-state index >= 15 is 0 Å². The quantitative estimate of drug-likeness (QED) is 0.634. The zero-order valence-corrected chi connectivity index (χ0v) is 9.27. The number of rotatable bonds is 0. The van der Waals surface area contributed by atoms with Gasteiger partial charge in [-0.2, -0.15) is 0 Å². The van der Waals surface area contributed by atoms with Gasteiger partial charge in [-0.05, 0) is 31.6 Å². The Kier molecular flexibility index (Phi) is 2.09. The summed E-state index contributed by atoms with van der Waals surface area (Å²) in [5, 5.41) is 3.52. The SMILES string of the molecule is C=C1NC2(CCC(C)CC2)C(=C)N1C. The summed E-state index contributed by atoms with van der Waals surface area (Å²) in [5.74, 6) is 1.87. The summed E-state index contributed by atoms with van der Waals surface area (Å²) < 4.78 is 0. The maximum Gasteiger partial charge on any atom is 0.0986 e. The van der Waals surface area contributed by atoms with Gasteiger partial charge in [-0.1, -0.05) is 20.1 Å². The van der Waals surface area contributed by atoms with E-state index in [2.05, 4.69) is 30.3 Å². The Balaban J connectivity index is 2.18. The molecule has 2 heteroatoms. The second-order valence-corrected chi connectivity index (χ2v) is 4.84. The lowest BCUT2D eigenvalue weighted by Crippen LogP contribution is -2.43. The third-order valence-corrected chi connectivity index (χ3v) is 3.87. The molecule has 0 bridgehead atoms. The van der Waals surface area contributed by atoms with Crippen molar-refractivity contribution >= 4 is 0 Å². The van der Waals surface area contributed by atoms with Gasteiger partial charge in [0, 0.05) is 12.7 Å². The molecule has 2 aliphatic rings. The first-order valence-electron chi connectivity index (χ1n) is 5.45. The van der Waals surface area contributed by atoms with Crippen LogP contribution in [0.15, 0.2) is 24.7 Å². The molecule has 1 saturated heterocycles. The van der Waals surface area contributed by atoms with Gasteiger partial charge in [0.25, 0.3) is 0 Å². The van der Waals surface area contributed by atoms with Crippen molar-refractivity contribution in [1.29, 1.82) is 0 Å². The standard InChI is InChI=1S/C12H20N2/c1-9-5-7-12(8-6-9)10(2)14(4)11(3)13-12/h9,13H,2-3,5-8H2,1,4H3. The molecule has 0 amide bonds. The van der Waals surface area contributed by atoms with Gasteiger partial charge in [0.2, 0.25) is 0 Å². The van der Waals surface area contributed by atoms with E-state index in [1.54, 1.807) is 0 Å². The van der Waals surface area contributed by atoms with Crippen LogP contribution in [0.25, 0.3) is 0 Å². The Bertz CT molecular complexity index is 272. The highest BCUT2D eigenvalue weighted by atomic mass is 15.3. The van der Waals surface area contributed by atoms with E-state index in [1.165, 1.54) is 31.4 Å². The molecular formula is C12H20N2. The van der Waals surface area contributed by atoms with Crippen molar-refractivity contribution in [3.05, 3.63) is 24.7 Å². The second kappa shape index (κ2) is 3.04. The first-order chi connectivity index (χ1) is 6.55. The minimum absolute atomic E-state index is 0.137. The number of hydrogen-bond donors (Lipinski definition) is 1. The van der Waals surface area contributed by atoms with Crippen molar-refractivity contribution in [2.75, 3.05) is 7.05 Å². The molecule has 2 fully saturated rings. The maximum absolute atomic E-state index is 4.19. The topological polar surface area (TPSA) is 15.3 Å². The average Bonchev–Trinajstić information content (AvgIpc) is 2.37. The fraction of sp³-hybridized carbons (Fsp3) is 0.667. The minimum Gasteiger partial charge on any atom is -0.361 e. The Hall–Kier alpha value is -0.920. The van der Waals surface area contributed by atoms with Gasteiger partial charge in [-0.15, -0.1) is 0 Å². The number of nitrogens with zero attached hydrogens (tertiary/aromatic N) is 1. The molecule has 2 rings (SSSR count). The van der Waals surface area contributed by atoms with Gasteiger partial charge < -0.3 is 10.2 Å². The Morgan fingerprint density at radius 3 is 2.36 bits per heavy atom. The van der Waals surface area contributed by atoms with E-state index in [1.807, 2.05) is 7.05 Å². The van der Waals surface area contributed by atoms with E-state index in [-0.39, 0.29) is 5.54 Å². The summed E-state index contributed by atoms with van der Waals surface area (Å²) >= 11 is 0. The summed E-state index contributed by atoms with van der Waals surface area (Å²) in [4.78, 5) is 2.09. The molecular weight excluding hydrogens is 172 g/mol. The van der Waals surface area contributed by atoms with Crippen molar-refractivity contribution in [1.82, 2.24) is 10.2 Å². The lowest BCUT2D eigenvalue weighted by Gasteiger charge is -2.36. The molecule has 0 atom stereocenters. The first-order valence-corrected chi connectivity index (χ1v) is 5.45. The lowest BCUT2D eigenvalue weighted by molar-refractivity contribution is 0.256. The lowest BCUT2D eigenvalue weighted by atomic mass is 9.76. The van der Waals surface area contributed by atoms with Crippen LogP contribution in [0.4, 0.5) is 0 Å². The van der Waals surface area contributed by atoms with Crippen LogP contribution in [-0.2, 0) is 0 Å². The van der Waals surface area contributed by atoms with Crippen LogP contribution in [0, 0.1) is 5.92 Å². The van der Waals surface area contributed by atoms with Crippen molar-refractivity contribution < 1.29 is 0 Å². The Morgan fingerprint density at radius 2 is 1.93 bits per heavy atom. The monoisotopic (exact) mass is 192 g/mol. The van der Waals surface area contributed by atoms with Crippen LogP contribution in [0.1, 0.15) is 32.6 Å². The van der Waals surface area contributed by atoms with E-state index < -0.39 is 0 Å². The molecule has 1 saturated carbocycles. The van der Waals surface area contributed by atoms with Crippen LogP contribution >= 0.6 is 0 Å². The van der Waals surface area contributed by atoms with Crippen LogP contribution in [0.5, 0.6) is 0 Å². The Morgan fingerprint density at radius 1 is 1.36 bits per heavy atom. The first kappa shape index (κ1) is 9.63. The molecule has 1 aliphatic carbocycles. The molecule has 78 valence electrons. The van der Waals surface area contributed by atoms with Gasteiger partial charge in [0.05, 0.1) is 11.4 Å². The van der Waals surface area contributed by atoms with Crippen LogP contribution in [0.3, 0.4) is 0 Å². The van der Waals surface area contributed by atoms with E-state index in [0.717, 1.165) is 11.7 Å². The number of hydrogen-bond acceptors (Lipinski definition) is 2. The highest BCUT2D eigenvalue weighted by Crippen LogP contribution is 2.41. The smallest absolute Gasteiger partial charge is 0.0986 e.